The van der Waals surface area contributed by atoms with Gasteiger partial charge in [-0.05, 0) is 121 Å². The van der Waals surface area contributed by atoms with Crippen LogP contribution >= 0.6 is 0 Å². The molecule has 9 N–H and O–H groups in total. The molecule has 0 aliphatic carbocycles. The zero-order valence-corrected chi connectivity index (χ0v) is 66.0. The summed E-state index contributed by atoms with van der Waals surface area (Å²) in [5.41, 5.74) is 4.54. The highest BCUT2D eigenvalue weighted by atomic mass is 16.6. The Balaban J connectivity index is 1.47. The number of rotatable bonds is 38. The fourth-order valence-corrected chi connectivity index (χ4v) is 13.0. The third-order valence-electron chi connectivity index (χ3n) is 18.8. The highest BCUT2D eigenvalue weighted by molar-refractivity contribution is 6.15. The summed E-state index contributed by atoms with van der Waals surface area (Å²) in [5, 5.41) is 27.3. The molecule has 2 aliphatic rings. The molecule has 0 bridgehead atoms. The number of nitrogens with two attached hydrogens (primary N) is 1. The standard InChI is InChI=1S/C76H118N12O19/c1-21-46(8)63(55(103-19)39-58(91)87-38-26-30-53(87)65(104-20)47(9)66(94)79-48(10)64(93)50-27-23-22-24-28-50)84(17)71(99)61(44(4)5)83-70(98)62(45(6)7)85(18)73(101)105-42-49-31-33-51(34-32-49)80-67(95)52(29-25-37-78-72(77)100)81-69(97)60(43(2)3)82-68(96)54(88-56(89)35-36-57(88)90)40-86(74(102)107-76(14,15)16)41-59(92)106-75(11,12)13/h22-24,27-28,31-36,43-48,52-55,60-65,93H,21,25-26,29-30,37-42H2,1-20H3,(H,79,94)(H,80,95)(H,81,97)(H,82,96)(H,83,98)(H3,77,78,100)/t46-,47+,48-,52+,53-,54-,55+,60-,61-,62-,63-,64-,65-/m0/s1. The number of nitrogens with zero attached hydrogens (tertiary/aromatic N) is 5. The van der Waals surface area contributed by atoms with Gasteiger partial charge < -0.3 is 76.2 Å². The lowest BCUT2D eigenvalue weighted by Gasteiger charge is -2.41. The van der Waals surface area contributed by atoms with E-state index < -0.39 is 180 Å². The number of carbonyl (C=O) groups is 13. The number of urea groups is 1. The molecule has 2 aromatic carbocycles. The molecule has 0 unspecified atom stereocenters. The number of benzene rings is 2. The van der Waals surface area contributed by atoms with E-state index >= 15 is 0 Å². The third kappa shape index (κ3) is 26.9. The van der Waals surface area contributed by atoms with Crippen molar-refractivity contribution in [2.45, 2.75) is 234 Å². The number of aliphatic hydroxyl groups excluding tert-OH is 1. The summed E-state index contributed by atoms with van der Waals surface area (Å²) < 4.78 is 28.7. The molecule has 596 valence electrons. The van der Waals surface area contributed by atoms with Crippen molar-refractivity contribution in [3.8, 4) is 0 Å². The summed E-state index contributed by atoms with van der Waals surface area (Å²) in [6, 6.07) is 5.72. The van der Waals surface area contributed by atoms with Gasteiger partial charge in [-0.2, -0.15) is 0 Å². The van der Waals surface area contributed by atoms with Gasteiger partial charge in [-0.1, -0.05) is 111 Å². The second-order valence-corrected chi connectivity index (χ2v) is 30.6. The van der Waals surface area contributed by atoms with Crippen molar-refractivity contribution in [3.05, 3.63) is 77.9 Å². The average Bonchev–Trinajstić information content (AvgIpc) is 1.80. The second kappa shape index (κ2) is 41.2. The van der Waals surface area contributed by atoms with Gasteiger partial charge in [0.05, 0.1) is 55.3 Å². The van der Waals surface area contributed by atoms with Crippen LogP contribution in [0.15, 0.2) is 66.7 Å². The quantitative estimate of drug-likeness (QED) is 0.0179. The zero-order chi connectivity index (χ0) is 80.7. The van der Waals surface area contributed by atoms with Crippen molar-refractivity contribution < 1.29 is 91.1 Å². The van der Waals surface area contributed by atoms with Crippen LogP contribution in [0, 0.1) is 29.6 Å². The molecule has 0 aromatic heterocycles. The number of hydrogen-bond acceptors (Lipinski definition) is 19. The number of imide groups is 1. The van der Waals surface area contributed by atoms with E-state index in [0.717, 1.165) is 22.0 Å². The molecule has 13 amide bonds. The molecule has 0 spiro atoms. The maximum Gasteiger partial charge on any atom is 0.410 e. The average molecular weight is 1500 g/mol. The number of carbonyl (C=O) groups excluding carboxylic acids is 13. The Labute approximate surface area is 629 Å². The predicted molar refractivity (Wildman–Crippen MR) is 397 cm³/mol. The Hall–Kier alpha value is -9.23. The molecule has 2 aliphatic heterocycles. The SMILES string of the molecule is CC[C@H](C)[C@@H]([C@@H](CC(=O)N1CCC[C@H]1[C@@H](OC)[C@@H](C)C(=O)N[C@@H](C)[C@H](O)c1ccccc1)OC)N(C)C(=O)[C@@H](NC(=O)[C@H](C(C)C)N(C)C(=O)OCc1ccc(NC(=O)[C@@H](CCCNC(N)=O)NC(=O)[C@@H](NC(=O)[C@H](CN(CC(=O)OC(C)(C)C)C(=O)OC(C)(C)C)N2C(=O)C=CC2=O)C(C)C)cc1)C(C)C. The number of likely N-dealkylation sites (N-methyl/N-ethyl adjacent to an activating group) is 2. The van der Waals surface area contributed by atoms with Crippen LogP contribution in [-0.2, 0) is 78.2 Å². The molecule has 1 saturated heterocycles. The number of anilines is 1. The van der Waals surface area contributed by atoms with Crippen LogP contribution in [0.5, 0.6) is 0 Å². The smallest absolute Gasteiger partial charge is 0.410 e. The van der Waals surface area contributed by atoms with Crippen molar-refractivity contribution >= 4 is 83.0 Å². The summed E-state index contributed by atoms with van der Waals surface area (Å²) >= 11 is 0. The van der Waals surface area contributed by atoms with Crippen LogP contribution in [0.2, 0.25) is 0 Å². The lowest BCUT2D eigenvalue weighted by Crippen LogP contribution is -2.61. The number of likely N-dealkylation sites (tertiary alicyclic amines) is 1. The van der Waals surface area contributed by atoms with Crippen LogP contribution in [0.25, 0.3) is 0 Å². The van der Waals surface area contributed by atoms with E-state index in [0.29, 0.717) is 41.8 Å². The summed E-state index contributed by atoms with van der Waals surface area (Å²) in [7, 11) is 6.01. The molecule has 2 aromatic rings. The topological polar surface area (TPSA) is 403 Å². The van der Waals surface area contributed by atoms with Crippen LogP contribution in [0.4, 0.5) is 20.1 Å². The largest absolute Gasteiger partial charge is 0.459 e. The Morgan fingerprint density at radius 2 is 1.27 bits per heavy atom. The van der Waals surface area contributed by atoms with E-state index in [1.807, 2.05) is 32.0 Å². The number of aliphatic hydroxyl groups is 1. The van der Waals surface area contributed by atoms with Gasteiger partial charge >= 0.3 is 24.2 Å². The fraction of sp³-hybridized carbons (Fsp3) is 0.645. The second-order valence-electron chi connectivity index (χ2n) is 30.6. The van der Waals surface area contributed by atoms with E-state index in [4.69, 9.17) is 29.4 Å². The number of amides is 13. The first kappa shape index (κ1) is 90.2. The molecule has 31 nitrogen and oxygen atoms in total. The molecule has 4 rings (SSSR count). The molecular formula is C76H118N12O19. The molecule has 0 saturated carbocycles. The summed E-state index contributed by atoms with van der Waals surface area (Å²) in [4.78, 5) is 185. The van der Waals surface area contributed by atoms with Gasteiger partial charge in [-0.3, -0.25) is 62.6 Å². The maximum absolute atomic E-state index is 14.9. The summed E-state index contributed by atoms with van der Waals surface area (Å²) in [5.74, 6) is -9.70. The van der Waals surface area contributed by atoms with E-state index in [1.165, 1.54) is 38.3 Å². The number of primary amides is 1. The monoisotopic (exact) mass is 1500 g/mol. The molecule has 107 heavy (non-hydrogen) atoms. The minimum absolute atomic E-state index is 0.000782. The summed E-state index contributed by atoms with van der Waals surface area (Å²) in [6.45, 7) is 25.6. The Morgan fingerprint density at radius 1 is 0.682 bits per heavy atom. The van der Waals surface area contributed by atoms with Gasteiger partial charge in [-0.15, -0.1) is 0 Å². The van der Waals surface area contributed by atoms with Gasteiger partial charge in [0.1, 0.15) is 54.6 Å². The van der Waals surface area contributed by atoms with E-state index in [2.05, 4.69) is 31.9 Å². The third-order valence-corrected chi connectivity index (χ3v) is 18.8. The number of nitrogens with one attached hydrogen (secondary N) is 6. The minimum Gasteiger partial charge on any atom is -0.459 e. The molecular weight excluding hydrogens is 1380 g/mol. The van der Waals surface area contributed by atoms with Crippen molar-refractivity contribution in [2.24, 2.45) is 35.3 Å². The predicted octanol–water partition coefficient (Wildman–Crippen LogP) is 5.46. The highest BCUT2D eigenvalue weighted by Gasteiger charge is 2.46. The van der Waals surface area contributed by atoms with Crippen molar-refractivity contribution in [1.82, 2.24) is 51.1 Å². The van der Waals surface area contributed by atoms with Gasteiger partial charge in [0.2, 0.25) is 41.4 Å². The lowest BCUT2D eigenvalue weighted by atomic mass is 9.89. The zero-order valence-electron chi connectivity index (χ0n) is 66.0. The molecule has 2 heterocycles. The first-order valence-corrected chi connectivity index (χ1v) is 36.6. The minimum atomic E-state index is -1.83. The fourth-order valence-electron chi connectivity index (χ4n) is 13.0. The first-order valence-electron chi connectivity index (χ1n) is 36.6. The van der Waals surface area contributed by atoms with Crippen molar-refractivity contribution in [1.29, 1.82) is 0 Å². The molecule has 31 heteroatoms. The number of methoxy groups -OCH3 is 2. The van der Waals surface area contributed by atoms with Crippen LogP contribution in [0.3, 0.4) is 0 Å². The van der Waals surface area contributed by atoms with E-state index in [1.54, 1.807) is 133 Å². The Kier molecular flexibility index (Phi) is 34.7. The molecule has 1 fully saturated rings. The lowest BCUT2D eigenvalue weighted by molar-refractivity contribution is -0.156. The Bertz CT molecular complexity index is 3390. The number of hydrogen-bond donors (Lipinski definition) is 8. The number of esters is 1. The van der Waals surface area contributed by atoms with Crippen molar-refractivity contribution in [3.63, 3.8) is 0 Å². The maximum atomic E-state index is 14.9. The Morgan fingerprint density at radius 3 is 1.80 bits per heavy atom. The van der Waals surface area contributed by atoms with Gasteiger partial charge in [-0.25, -0.2) is 14.4 Å². The molecule has 13 atom stereocenters. The van der Waals surface area contributed by atoms with Crippen LogP contribution in [0.1, 0.15) is 167 Å². The van der Waals surface area contributed by atoms with E-state index in [-0.39, 0.29) is 55.8 Å². The van der Waals surface area contributed by atoms with Crippen molar-refractivity contribution in [2.75, 3.05) is 59.8 Å². The first-order chi connectivity index (χ1) is 50.0. The molecule has 0 radical (unpaired) electrons. The number of ether oxygens (including phenoxy) is 5. The normalized spacial score (nSPS) is 17.2. The van der Waals surface area contributed by atoms with Crippen LogP contribution in [-0.4, -0.2) is 233 Å². The van der Waals surface area contributed by atoms with Gasteiger partial charge in [0, 0.05) is 59.2 Å². The summed E-state index contributed by atoms with van der Waals surface area (Å²) in [6.07, 6.45) is -0.817. The van der Waals surface area contributed by atoms with E-state index in [9.17, 15) is 67.4 Å². The van der Waals surface area contributed by atoms with Crippen LogP contribution < -0.4 is 37.6 Å². The highest BCUT2D eigenvalue weighted by Crippen LogP contribution is 2.31. The van der Waals surface area contributed by atoms with Gasteiger partial charge in [0.25, 0.3) is 11.8 Å². The van der Waals surface area contributed by atoms with Gasteiger partial charge in [0.15, 0.2) is 0 Å².